The van der Waals surface area contributed by atoms with Gasteiger partial charge in [-0.15, -0.1) is 0 Å². The molecule has 2 aliphatic heterocycles. The summed E-state index contributed by atoms with van der Waals surface area (Å²) in [6, 6.07) is 8.04. The zero-order valence-electron chi connectivity index (χ0n) is 9.53. The monoisotopic (exact) mass is 247 g/mol. The molecule has 88 valence electrons. The second kappa shape index (κ2) is 4.19. The molecule has 1 aromatic rings. The van der Waals surface area contributed by atoms with Crippen LogP contribution in [0.25, 0.3) is 0 Å². The van der Waals surface area contributed by atoms with Gasteiger partial charge in [-0.2, -0.15) is 0 Å². The lowest BCUT2D eigenvalue weighted by molar-refractivity contribution is -0.131. The van der Waals surface area contributed by atoms with E-state index in [-0.39, 0.29) is 11.9 Å². The predicted molar refractivity (Wildman–Crippen MR) is 67.6 cm³/mol. The Morgan fingerprint density at radius 1 is 1.29 bits per heavy atom. The maximum absolute atomic E-state index is 12.0. The van der Waals surface area contributed by atoms with Crippen LogP contribution in [0.1, 0.15) is 37.3 Å². The maximum Gasteiger partial charge on any atom is 0.227 e. The lowest BCUT2D eigenvalue weighted by Crippen LogP contribution is -2.31. The minimum Gasteiger partial charge on any atom is -0.309 e. The van der Waals surface area contributed by atoms with Crippen LogP contribution >= 0.6 is 11.6 Å². The van der Waals surface area contributed by atoms with Gasteiger partial charge in [0.2, 0.25) is 5.91 Å². The number of nitrogens with zero attached hydrogens (tertiary/aromatic N) is 1. The zero-order chi connectivity index (χ0) is 11.8. The molecular formula is C14H14ClNO. The van der Waals surface area contributed by atoms with E-state index in [1.807, 2.05) is 23.1 Å². The average molecular weight is 248 g/mol. The van der Waals surface area contributed by atoms with Crippen molar-refractivity contribution in [3.63, 3.8) is 0 Å². The van der Waals surface area contributed by atoms with Crippen LogP contribution in [0, 0.1) is 0 Å². The largest absolute Gasteiger partial charge is 0.309 e. The molecule has 2 heterocycles. The lowest BCUT2D eigenvalue weighted by Gasteiger charge is -2.29. The minimum absolute atomic E-state index is 0.188. The molecule has 0 saturated carbocycles. The SMILES string of the molecule is O=C1CCC=C2CC[C@@H](c3cccc(Cl)c3)N12. The Bertz CT molecular complexity index is 495. The number of halogens is 1. The number of hydrogen-bond donors (Lipinski definition) is 0. The summed E-state index contributed by atoms with van der Waals surface area (Å²) in [4.78, 5) is 14.0. The molecule has 1 fully saturated rings. The van der Waals surface area contributed by atoms with Crippen molar-refractivity contribution in [2.75, 3.05) is 0 Å². The van der Waals surface area contributed by atoms with Crippen molar-refractivity contribution in [3.8, 4) is 0 Å². The summed E-state index contributed by atoms with van der Waals surface area (Å²) < 4.78 is 0. The number of hydrogen-bond acceptors (Lipinski definition) is 1. The summed E-state index contributed by atoms with van der Waals surface area (Å²) in [6.07, 6.45) is 5.75. The van der Waals surface area contributed by atoms with Crippen molar-refractivity contribution >= 4 is 17.5 Å². The molecule has 0 unspecified atom stereocenters. The highest BCUT2D eigenvalue weighted by molar-refractivity contribution is 6.30. The second-order valence-corrected chi connectivity index (χ2v) is 5.04. The number of fused-ring (bicyclic) bond motifs is 1. The van der Waals surface area contributed by atoms with E-state index >= 15 is 0 Å². The summed E-state index contributed by atoms with van der Waals surface area (Å²) >= 11 is 6.02. The van der Waals surface area contributed by atoms with Gasteiger partial charge >= 0.3 is 0 Å². The lowest BCUT2D eigenvalue weighted by atomic mass is 10.0. The van der Waals surface area contributed by atoms with Crippen LogP contribution in [0.15, 0.2) is 36.0 Å². The molecule has 0 aromatic heterocycles. The summed E-state index contributed by atoms with van der Waals surface area (Å²) in [5, 5.41) is 0.740. The molecule has 0 spiro atoms. The first-order valence-corrected chi connectivity index (χ1v) is 6.40. The Hall–Kier alpha value is -1.28. The van der Waals surface area contributed by atoms with Gasteiger partial charge in [0.25, 0.3) is 0 Å². The molecule has 0 N–H and O–H groups in total. The highest BCUT2D eigenvalue weighted by atomic mass is 35.5. The molecule has 0 aliphatic carbocycles. The normalized spacial score (nSPS) is 23.6. The van der Waals surface area contributed by atoms with Crippen molar-refractivity contribution < 1.29 is 4.79 Å². The van der Waals surface area contributed by atoms with Gasteiger partial charge in [0, 0.05) is 17.1 Å². The fourth-order valence-electron chi connectivity index (χ4n) is 2.78. The number of allylic oxidation sites excluding steroid dienone is 2. The summed E-state index contributed by atoms with van der Waals surface area (Å²) in [6.45, 7) is 0. The Labute approximate surface area is 106 Å². The first kappa shape index (κ1) is 10.8. The van der Waals surface area contributed by atoms with Gasteiger partial charge in [-0.3, -0.25) is 4.79 Å². The molecule has 0 radical (unpaired) electrons. The van der Waals surface area contributed by atoms with E-state index in [4.69, 9.17) is 11.6 Å². The molecule has 1 saturated heterocycles. The third-order valence-corrected chi connectivity index (χ3v) is 3.77. The van der Waals surface area contributed by atoms with Gasteiger partial charge in [-0.05, 0) is 37.0 Å². The Kier molecular flexibility index (Phi) is 2.67. The molecule has 17 heavy (non-hydrogen) atoms. The van der Waals surface area contributed by atoms with Gasteiger partial charge in [0.15, 0.2) is 0 Å². The van der Waals surface area contributed by atoms with Crippen LogP contribution in [0.4, 0.5) is 0 Å². The standard InChI is InChI=1S/C14H14ClNO/c15-11-4-1-3-10(9-11)13-8-7-12-5-2-6-14(17)16(12)13/h1,3-5,9,13H,2,6-8H2/t13-/m0/s1. The molecule has 0 bridgehead atoms. The van der Waals surface area contributed by atoms with E-state index in [2.05, 4.69) is 12.1 Å². The molecule has 1 aromatic carbocycles. The molecule has 1 amide bonds. The first-order valence-electron chi connectivity index (χ1n) is 6.02. The van der Waals surface area contributed by atoms with Gasteiger partial charge < -0.3 is 4.90 Å². The first-order chi connectivity index (χ1) is 8.25. The Morgan fingerprint density at radius 2 is 2.18 bits per heavy atom. The third kappa shape index (κ3) is 1.87. The van der Waals surface area contributed by atoms with E-state index < -0.39 is 0 Å². The van der Waals surface area contributed by atoms with Crippen LogP contribution in [0.2, 0.25) is 5.02 Å². The summed E-state index contributed by atoms with van der Waals surface area (Å²) in [5.74, 6) is 0.255. The van der Waals surface area contributed by atoms with Crippen molar-refractivity contribution in [1.82, 2.24) is 4.90 Å². The highest BCUT2D eigenvalue weighted by Crippen LogP contribution is 2.41. The van der Waals surface area contributed by atoms with Crippen molar-refractivity contribution in [1.29, 1.82) is 0 Å². The van der Waals surface area contributed by atoms with Gasteiger partial charge in [-0.1, -0.05) is 29.8 Å². The number of rotatable bonds is 1. The molecule has 3 heteroatoms. The third-order valence-electron chi connectivity index (χ3n) is 3.54. The number of amides is 1. The van der Waals surface area contributed by atoms with Crippen LogP contribution < -0.4 is 0 Å². The molecular weight excluding hydrogens is 234 g/mol. The number of carbonyl (C=O) groups excluding carboxylic acids is 1. The molecule has 3 rings (SSSR count). The fraction of sp³-hybridized carbons (Fsp3) is 0.357. The minimum atomic E-state index is 0.188. The maximum atomic E-state index is 12.0. The van der Waals surface area contributed by atoms with Crippen LogP contribution in [-0.4, -0.2) is 10.8 Å². The summed E-state index contributed by atoms with van der Waals surface area (Å²) in [5.41, 5.74) is 2.35. The van der Waals surface area contributed by atoms with Crippen molar-refractivity contribution in [2.45, 2.75) is 31.7 Å². The Morgan fingerprint density at radius 3 is 3.00 bits per heavy atom. The second-order valence-electron chi connectivity index (χ2n) is 4.61. The Balaban J connectivity index is 1.97. The fourth-order valence-corrected chi connectivity index (χ4v) is 2.98. The molecule has 2 nitrogen and oxygen atoms in total. The number of benzene rings is 1. The van der Waals surface area contributed by atoms with E-state index in [1.165, 1.54) is 5.70 Å². The van der Waals surface area contributed by atoms with Gasteiger partial charge in [0.05, 0.1) is 6.04 Å². The smallest absolute Gasteiger partial charge is 0.227 e. The van der Waals surface area contributed by atoms with Crippen LogP contribution in [-0.2, 0) is 4.79 Å². The van der Waals surface area contributed by atoms with E-state index in [0.29, 0.717) is 6.42 Å². The van der Waals surface area contributed by atoms with Crippen molar-refractivity contribution in [3.05, 3.63) is 46.6 Å². The van der Waals surface area contributed by atoms with E-state index in [9.17, 15) is 4.79 Å². The van der Waals surface area contributed by atoms with Crippen LogP contribution in [0.3, 0.4) is 0 Å². The van der Waals surface area contributed by atoms with Gasteiger partial charge in [-0.25, -0.2) is 0 Å². The number of carbonyl (C=O) groups is 1. The van der Waals surface area contributed by atoms with Gasteiger partial charge in [0.1, 0.15) is 0 Å². The zero-order valence-corrected chi connectivity index (χ0v) is 10.3. The quantitative estimate of drug-likeness (QED) is 0.741. The van der Waals surface area contributed by atoms with Crippen LogP contribution in [0.5, 0.6) is 0 Å². The van der Waals surface area contributed by atoms with Crippen molar-refractivity contribution in [2.24, 2.45) is 0 Å². The molecule has 1 atom stereocenters. The molecule has 2 aliphatic rings. The van der Waals surface area contributed by atoms with E-state index in [1.54, 1.807) is 0 Å². The summed E-state index contributed by atoms with van der Waals surface area (Å²) in [7, 11) is 0. The predicted octanol–water partition coefficient (Wildman–Crippen LogP) is 3.68. The average Bonchev–Trinajstić information content (AvgIpc) is 2.74. The highest BCUT2D eigenvalue weighted by Gasteiger charge is 2.35. The van der Waals surface area contributed by atoms with E-state index in [0.717, 1.165) is 29.8 Å². The topological polar surface area (TPSA) is 20.3 Å².